The van der Waals surface area contributed by atoms with E-state index >= 15 is 0 Å². The SMILES string of the molecule is CC(C)N1CCC(CNCc2ccc(O)c(F)c2)C1. The summed E-state index contributed by atoms with van der Waals surface area (Å²) in [5.41, 5.74) is 0.869. The summed E-state index contributed by atoms with van der Waals surface area (Å²) in [4.78, 5) is 2.49. The molecule has 1 unspecified atom stereocenters. The molecule has 0 spiro atoms. The molecule has 1 aromatic carbocycles. The van der Waals surface area contributed by atoms with E-state index < -0.39 is 5.82 Å². The summed E-state index contributed by atoms with van der Waals surface area (Å²) in [6.07, 6.45) is 1.23. The summed E-state index contributed by atoms with van der Waals surface area (Å²) in [7, 11) is 0. The highest BCUT2D eigenvalue weighted by molar-refractivity contribution is 5.27. The van der Waals surface area contributed by atoms with Crippen LogP contribution in [0.1, 0.15) is 25.8 Å². The molecule has 1 fully saturated rings. The van der Waals surface area contributed by atoms with Crippen LogP contribution in [0.4, 0.5) is 4.39 Å². The Balaban J connectivity index is 1.73. The van der Waals surface area contributed by atoms with E-state index in [1.807, 2.05) is 0 Å². The molecule has 2 N–H and O–H groups in total. The zero-order valence-corrected chi connectivity index (χ0v) is 11.7. The van der Waals surface area contributed by atoms with E-state index in [9.17, 15) is 4.39 Å². The number of benzene rings is 1. The van der Waals surface area contributed by atoms with E-state index in [0.29, 0.717) is 18.5 Å². The van der Waals surface area contributed by atoms with E-state index in [-0.39, 0.29) is 5.75 Å². The summed E-state index contributed by atoms with van der Waals surface area (Å²) in [5.74, 6) is -0.150. The molecule has 0 bridgehead atoms. The zero-order chi connectivity index (χ0) is 13.8. The quantitative estimate of drug-likeness (QED) is 0.859. The fraction of sp³-hybridized carbons (Fsp3) is 0.600. The fourth-order valence-electron chi connectivity index (χ4n) is 2.58. The Labute approximate surface area is 114 Å². The first-order valence-corrected chi connectivity index (χ1v) is 6.98. The van der Waals surface area contributed by atoms with Crippen molar-refractivity contribution in [3.8, 4) is 5.75 Å². The van der Waals surface area contributed by atoms with Crippen LogP contribution >= 0.6 is 0 Å². The lowest BCUT2D eigenvalue weighted by atomic mass is 10.1. The number of halogens is 1. The molecule has 19 heavy (non-hydrogen) atoms. The molecule has 3 nitrogen and oxygen atoms in total. The maximum atomic E-state index is 13.2. The summed E-state index contributed by atoms with van der Waals surface area (Å²) >= 11 is 0. The van der Waals surface area contributed by atoms with Gasteiger partial charge >= 0.3 is 0 Å². The second kappa shape index (κ2) is 6.35. The van der Waals surface area contributed by atoms with Crippen LogP contribution < -0.4 is 5.32 Å². The van der Waals surface area contributed by atoms with Crippen LogP contribution in [-0.2, 0) is 6.54 Å². The van der Waals surface area contributed by atoms with Crippen molar-refractivity contribution in [3.63, 3.8) is 0 Å². The largest absolute Gasteiger partial charge is 0.505 e. The second-order valence-electron chi connectivity index (χ2n) is 5.66. The first-order valence-electron chi connectivity index (χ1n) is 6.98. The van der Waals surface area contributed by atoms with Gasteiger partial charge in [0.1, 0.15) is 0 Å². The van der Waals surface area contributed by atoms with Gasteiger partial charge in [0.05, 0.1) is 0 Å². The lowest BCUT2D eigenvalue weighted by Crippen LogP contribution is -2.30. The zero-order valence-electron chi connectivity index (χ0n) is 11.7. The van der Waals surface area contributed by atoms with Crippen molar-refractivity contribution >= 4 is 0 Å². The maximum Gasteiger partial charge on any atom is 0.165 e. The fourth-order valence-corrected chi connectivity index (χ4v) is 2.58. The van der Waals surface area contributed by atoms with Crippen LogP contribution in [0.25, 0.3) is 0 Å². The van der Waals surface area contributed by atoms with E-state index in [1.54, 1.807) is 6.07 Å². The predicted octanol–water partition coefficient (Wildman–Crippen LogP) is 2.35. The number of hydrogen-bond donors (Lipinski definition) is 2. The number of aromatic hydroxyl groups is 1. The first kappa shape index (κ1) is 14.3. The molecule has 4 heteroatoms. The third kappa shape index (κ3) is 3.91. The van der Waals surface area contributed by atoms with Crippen LogP contribution in [0, 0.1) is 11.7 Å². The summed E-state index contributed by atoms with van der Waals surface area (Å²) in [6.45, 7) is 8.40. The Morgan fingerprint density at radius 2 is 2.26 bits per heavy atom. The molecule has 1 aliphatic heterocycles. The number of hydrogen-bond acceptors (Lipinski definition) is 3. The minimum atomic E-state index is -0.550. The Morgan fingerprint density at radius 3 is 2.89 bits per heavy atom. The van der Waals surface area contributed by atoms with Crippen molar-refractivity contribution in [1.82, 2.24) is 10.2 Å². The molecule has 0 amide bonds. The average molecular weight is 266 g/mol. The summed E-state index contributed by atoms with van der Waals surface area (Å²) < 4.78 is 13.2. The van der Waals surface area contributed by atoms with Crippen LogP contribution in [0.2, 0.25) is 0 Å². The highest BCUT2D eigenvalue weighted by Gasteiger charge is 2.23. The van der Waals surface area contributed by atoms with Crippen molar-refractivity contribution < 1.29 is 9.50 Å². The minimum Gasteiger partial charge on any atom is -0.505 e. The lowest BCUT2D eigenvalue weighted by Gasteiger charge is -2.20. The van der Waals surface area contributed by atoms with Crippen molar-refractivity contribution in [3.05, 3.63) is 29.6 Å². The number of phenolic OH excluding ortho intramolecular Hbond substituents is 1. The highest BCUT2D eigenvalue weighted by atomic mass is 19.1. The smallest absolute Gasteiger partial charge is 0.165 e. The third-order valence-corrected chi connectivity index (χ3v) is 3.82. The molecule has 0 aromatic heterocycles. The van der Waals surface area contributed by atoms with Crippen LogP contribution in [-0.4, -0.2) is 35.7 Å². The predicted molar refractivity (Wildman–Crippen MR) is 74.6 cm³/mol. The van der Waals surface area contributed by atoms with Gasteiger partial charge in [-0.1, -0.05) is 6.07 Å². The number of nitrogens with one attached hydrogen (secondary N) is 1. The van der Waals surface area contributed by atoms with E-state index in [4.69, 9.17) is 5.11 Å². The molecule has 1 saturated heterocycles. The van der Waals surface area contributed by atoms with Crippen molar-refractivity contribution in [2.45, 2.75) is 32.9 Å². The molecule has 106 valence electrons. The van der Waals surface area contributed by atoms with Gasteiger partial charge in [0.25, 0.3) is 0 Å². The van der Waals surface area contributed by atoms with Gasteiger partial charge in [0, 0.05) is 19.1 Å². The molecule has 0 saturated carbocycles. The van der Waals surface area contributed by atoms with Gasteiger partial charge in [-0.2, -0.15) is 0 Å². The average Bonchev–Trinajstić information content (AvgIpc) is 2.83. The topological polar surface area (TPSA) is 35.5 Å². The summed E-state index contributed by atoms with van der Waals surface area (Å²) in [5, 5.41) is 12.5. The molecular formula is C15H23FN2O. The number of rotatable bonds is 5. The highest BCUT2D eigenvalue weighted by Crippen LogP contribution is 2.18. The van der Waals surface area contributed by atoms with Gasteiger partial charge < -0.3 is 15.3 Å². The van der Waals surface area contributed by atoms with E-state index in [0.717, 1.165) is 18.7 Å². The van der Waals surface area contributed by atoms with Crippen molar-refractivity contribution in [2.75, 3.05) is 19.6 Å². The van der Waals surface area contributed by atoms with Gasteiger partial charge in [-0.05, 0) is 57.0 Å². The van der Waals surface area contributed by atoms with Gasteiger partial charge in [-0.25, -0.2) is 4.39 Å². The van der Waals surface area contributed by atoms with Crippen LogP contribution in [0.5, 0.6) is 5.75 Å². The van der Waals surface area contributed by atoms with Gasteiger partial charge in [-0.3, -0.25) is 0 Å². The minimum absolute atomic E-state index is 0.285. The third-order valence-electron chi connectivity index (χ3n) is 3.82. The molecule has 2 rings (SSSR count). The number of likely N-dealkylation sites (tertiary alicyclic amines) is 1. The first-order chi connectivity index (χ1) is 9.06. The van der Waals surface area contributed by atoms with Crippen molar-refractivity contribution in [1.29, 1.82) is 0 Å². The van der Waals surface area contributed by atoms with E-state index in [1.165, 1.54) is 25.1 Å². The standard InChI is InChI=1S/C15H23FN2O/c1-11(2)18-6-5-13(10-18)9-17-8-12-3-4-15(19)14(16)7-12/h3-4,7,11,13,17,19H,5-6,8-10H2,1-2H3. The van der Waals surface area contributed by atoms with Crippen molar-refractivity contribution in [2.24, 2.45) is 5.92 Å². The van der Waals surface area contributed by atoms with Gasteiger partial charge in [0.15, 0.2) is 11.6 Å². The Morgan fingerprint density at radius 1 is 1.47 bits per heavy atom. The molecule has 1 heterocycles. The van der Waals surface area contributed by atoms with Crippen LogP contribution in [0.3, 0.4) is 0 Å². The molecule has 0 aliphatic carbocycles. The molecule has 1 aliphatic rings. The summed E-state index contributed by atoms with van der Waals surface area (Å²) in [6, 6.07) is 5.16. The molecule has 0 radical (unpaired) electrons. The number of nitrogens with zero attached hydrogens (tertiary/aromatic N) is 1. The Kier molecular flexibility index (Phi) is 4.77. The van der Waals surface area contributed by atoms with E-state index in [2.05, 4.69) is 24.1 Å². The number of phenols is 1. The molecule has 1 aromatic rings. The second-order valence-corrected chi connectivity index (χ2v) is 5.66. The van der Waals surface area contributed by atoms with Crippen LogP contribution in [0.15, 0.2) is 18.2 Å². The monoisotopic (exact) mass is 266 g/mol. The molecule has 1 atom stereocenters. The van der Waals surface area contributed by atoms with Gasteiger partial charge in [-0.15, -0.1) is 0 Å². The lowest BCUT2D eigenvalue weighted by molar-refractivity contribution is 0.264. The van der Waals surface area contributed by atoms with Gasteiger partial charge in [0.2, 0.25) is 0 Å². The molecular weight excluding hydrogens is 243 g/mol. The maximum absolute atomic E-state index is 13.2. The Hall–Kier alpha value is -1.13. The normalized spacial score (nSPS) is 20.3. The Bertz CT molecular complexity index is 423.